The SMILES string of the molecule is CO[C@H](C)CS(=O)(=O)N[C@H]1CN(Cc2ccccc2)C[C@H]1C. The number of nitrogens with one attached hydrogen (secondary N) is 1. The molecule has 3 atom stereocenters. The third kappa shape index (κ3) is 5.05. The molecule has 0 bridgehead atoms. The van der Waals surface area contributed by atoms with Gasteiger partial charge in [-0.3, -0.25) is 4.90 Å². The Bertz CT molecular complexity index is 562. The van der Waals surface area contributed by atoms with Crippen LogP contribution in [0.1, 0.15) is 19.4 Å². The molecule has 0 spiro atoms. The van der Waals surface area contributed by atoms with Crippen molar-refractivity contribution in [2.24, 2.45) is 5.92 Å². The van der Waals surface area contributed by atoms with E-state index in [2.05, 4.69) is 28.7 Å². The Hall–Kier alpha value is -0.950. The fraction of sp³-hybridized carbons (Fsp3) is 0.625. The summed E-state index contributed by atoms with van der Waals surface area (Å²) in [6.45, 7) is 6.37. The number of hydrogen-bond donors (Lipinski definition) is 1. The molecule has 5 nitrogen and oxygen atoms in total. The molecule has 0 aromatic heterocycles. The molecule has 124 valence electrons. The van der Waals surface area contributed by atoms with E-state index in [-0.39, 0.29) is 17.9 Å². The van der Waals surface area contributed by atoms with Crippen LogP contribution in [-0.2, 0) is 21.3 Å². The van der Waals surface area contributed by atoms with Crippen molar-refractivity contribution in [2.45, 2.75) is 32.5 Å². The summed E-state index contributed by atoms with van der Waals surface area (Å²) in [5.74, 6) is 0.308. The molecule has 1 N–H and O–H groups in total. The molecule has 0 saturated carbocycles. The van der Waals surface area contributed by atoms with Gasteiger partial charge in [0.1, 0.15) is 0 Å². The molecule has 1 fully saturated rings. The zero-order valence-electron chi connectivity index (χ0n) is 13.5. The molecule has 6 heteroatoms. The zero-order valence-corrected chi connectivity index (χ0v) is 14.3. The lowest BCUT2D eigenvalue weighted by Gasteiger charge is -2.19. The number of benzene rings is 1. The Morgan fingerprint density at radius 1 is 1.32 bits per heavy atom. The largest absolute Gasteiger partial charge is 0.381 e. The lowest BCUT2D eigenvalue weighted by molar-refractivity contribution is 0.136. The lowest BCUT2D eigenvalue weighted by Crippen LogP contribution is -2.42. The van der Waals surface area contributed by atoms with E-state index in [4.69, 9.17) is 4.74 Å². The van der Waals surface area contributed by atoms with Crippen molar-refractivity contribution < 1.29 is 13.2 Å². The summed E-state index contributed by atoms with van der Waals surface area (Å²) >= 11 is 0. The van der Waals surface area contributed by atoms with Crippen LogP contribution in [0.2, 0.25) is 0 Å². The monoisotopic (exact) mass is 326 g/mol. The van der Waals surface area contributed by atoms with E-state index in [1.54, 1.807) is 6.92 Å². The van der Waals surface area contributed by atoms with Gasteiger partial charge < -0.3 is 4.74 Å². The van der Waals surface area contributed by atoms with Crippen LogP contribution >= 0.6 is 0 Å². The van der Waals surface area contributed by atoms with Crippen LogP contribution in [-0.4, -0.2) is 51.4 Å². The van der Waals surface area contributed by atoms with Crippen LogP contribution in [0.15, 0.2) is 30.3 Å². The van der Waals surface area contributed by atoms with Crippen LogP contribution in [0.5, 0.6) is 0 Å². The highest BCUT2D eigenvalue weighted by atomic mass is 32.2. The minimum atomic E-state index is -3.31. The maximum absolute atomic E-state index is 12.2. The van der Waals surface area contributed by atoms with Crippen LogP contribution < -0.4 is 4.72 Å². The molecular weight excluding hydrogens is 300 g/mol. The van der Waals surface area contributed by atoms with Crippen molar-refractivity contribution in [1.29, 1.82) is 0 Å². The second-order valence-electron chi connectivity index (χ2n) is 6.21. The minimum absolute atomic E-state index is 0.00536. The van der Waals surface area contributed by atoms with Gasteiger partial charge in [-0.25, -0.2) is 13.1 Å². The Labute approximate surface area is 133 Å². The van der Waals surface area contributed by atoms with Gasteiger partial charge in [-0.2, -0.15) is 0 Å². The van der Waals surface area contributed by atoms with Crippen molar-refractivity contribution in [3.8, 4) is 0 Å². The Morgan fingerprint density at radius 2 is 2.00 bits per heavy atom. The number of likely N-dealkylation sites (tertiary alicyclic amines) is 1. The molecule has 1 aromatic carbocycles. The normalized spacial score (nSPS) is 24.5. The second-order valence-corrected chi connectivity index (χ2v) is 8.01. The van der Waals surface area contributed by atoms with Crippen molar-refractivity contribution >= 4 is 10.0 Å². The topological polar surface area (TPSA) is 58.6 Å². The van der Waals surface area contributed by atoms with Gasteiger partial charge in [0, 0.05) is 32.8 Å². The van der Waals surface area contributed by atoms with E-state index >= 15 is 0 Å². The summed E-state index contributed by atoms with van der Waals surface area (Å²) in [6, 6.07) is 10.2. The molecule has 1 aliphatic rings. The van der Waals surface area contributed by atoms with E-state index in [9.17, 15) is 8.42 Å². The van der Waals surface area contributed by atoms with Crippen molar-refractivity contribution in [3.05, 3.63) is 35.9 Å². The predicted octanol–water partition coefficient (Wildman–Crippen LogP) is 1.46. The van der Waals surface area contributed by atoms with Gasteiger partial charge in [0.25, 0.3) is 0 Å². The highest BCUT2D eigenvalue weighted by molar-refractivity contribution is 7.89. The third-order valence-electron chi connectivity index (χ3n) is 4.12. The van der Waals surface area contributed by atoms with E-state index in [0.29, 0.717) is 5.92 Å². The first-order valence-electron chi connectivity index (χ1n) is 7.68. The summed E-state index contributed by atoms with van der Waals surface area (Å²) < 4.78 is 32.2. The fourth-order valence-corrected chi connectivity index (χ4v) is 4.47. The van der Waals surface area contributed by atoms with Crippen LogP contribution in [0.4, 0.5) is 0 Å². The molecule has 22 heavy (non-hydrogen) atoms. The number of nitrogens with zero attached hydrogens (tertiary/aromatic N) is 1. The molecule has 1 saturated heterocycles. The van der Waals surface area contributed by atoms with Gasteiger partial charge >= 0.3 is 0 Å². The Morgan fingerprint density at radius 3 is 2.64 bits per heavy atom. The number of sulfonamides is 1. The standard InChI is InChI=1S/C16H26N2O3S/c1-13-9-18(10-15-7-5-4-6-8-15)11-16(13)17-22(19,20)12-14(2)21-3/h4-8,13-14,16-17H,9-12H2,1-3H3/t13-,14-,16+/m1/s1. The maximum atomic E-state index is 12.2. The van der Waals surface area contributed by atoms with Gasteiger partial charge in [0.05, 0.1) is 11.9 Å². The van der Waals surface area contributed by atoms with Crippen LogP contribution in [0, 0.1) is 5.92 Å². The van der Waals surface area contributed by atoms with Gasteiger partial charge in [0.2, 0.25) is 10.0 Å². The summed E-state index contributed by atoms with van der Waals surface area (Å²) in [7, 11) is -1.78. The summed E-state index contributed by atoms with van der Waals surface area (Å²) in [6.07, 6.45) is -0.297. The fourth-order valence-electron chi connectivity index (χ4n) is 2.85. The average Bonchev–Trinajstić information content (AvgIpc) is 2.78. The second kappa shape index (κ2) is 7.55. The van der Waals surface area contributed by atoms with Gasteiger partial charge in [0.15, 0.2) is 0 Å². The van der Waals surface area contributed by atoms with Crippen LogP contribution in [0.25, 0.3) is 0 Å². The Kier molecular flexibility index (Phi) is 5.97. The Balaban J connectivity index is 1.91. The summed E-state index contributed by atoms with van der Waals surface area (Å²) in [5, 5.41) is 0. The summed E-state index contributed by atoms with van der Waals surface area (Å²) in [4.78, 5) is 2.30. The first kappa shape index (κ1) is 17.4. The molecule has 1 heterocycles. The zero-order chi connectivity index (χ0) is 16.2. The number of hydrogen-bond acceptors (Lipinski definition) is 4. The molecule has 0 radical (unpaired) electrons. The van der Waals surface area contributed by atoms with Gasteiger partial charge in [-0.15, -0.1) is 0 Å². The van der Waals surface area contributed by atoms with Gasteiger partial charge in [-0.1, -0.05) is 37.3 Å². The quantitative estimate of drug-likeness (QED) is 0.824. The number of methoxy groups -OCH3 is 1. The molecule has 0 aliphatic carbocycles. The summed E-state index contributed by atoms with van der Waals surface area (Å²) in [5.41, 5.74) is 1.26. The molecule has 2 rings (SSSR count). The molecule has 1 aromatic rings. The molecule has 0 amide bonds. The first-order chi connectivity index (χ1) is 10.4. The molecular formula is C16H26N2O3S. The van der Waals surface area contributed by atoms with Crippen LogP contribution in [0.3, 0.4) is 0 Å². The van der Waals surface area contributed by atoms with Crippen molar-refractivity contribution in [3.63, 3.8) is 0 Å². The van der Waals surface area contributed by atoms with Crippen molar-refractivity contribution in [1.82, 2.24) is 9.62 Å². The highest BCUT2D eigenvalue weighted by Gasteiger charge is 2.32. The minimum Gasteiger partial charge on any atom is -0.381 e. The average molecular weight is 326 g/mol. The smallest absolute Gasteiger partial charge is 0.214 e. The molecule has 1 aliphatic heterocycles. The van der Waals surface area contributed by atoms with E-state index in [0.717, 1.165) is 19.6 Å². The maximum Gasteiger partial charge on any atom is 0.214 e. The van der Waals surface area contributed by atoms with E-state index < -0.39 is 10.0 Å². The van der Waals surface area contributed by atoms with E-state index in [1.165, 1.54) is 12.7 Å². The first-order valence-corrected chi connectivity index (χ1v) is 9.34. The third-order valence-corrected chi connectivity index (χ3v) is 5.69. The van der Waals surface area contributed by atoms with Crippen molar-refractivity contribution in [2.75, 3.05) is 26.0 Å². The number of rotatable bonds is 7. The van der Waals surface area contributed by atoms with E-state index in [1.807, 2.05) is 18.2 Å². The number of ether oxygens (including phenoxy) is 1. The van der Waals surface area contributed by atoms with Gasteiger partial charge in [-0.05, 0) is 18.4 Å². The highest BCUT2D eigenvalue weighted by Crippen LogP contribution is 2.19. The molecule has 0 unspecified atom stereocenters. The predicted molar refractivity (Wildman–Crippen MR) is 88.1 cm³/mol. The lowest BCUT2D eigenvalue weighted by atomic mass is 10.1.